The summed E-state index contributed by atoms with van der Waals surface area (Å²) in [5.41, 5.74) is 8.35. The highest BCUT2D eigenvalue weighted by molar-refractivity contribution is 7.07. The monoisotopic (exact) mass is 281 g/mol. The van der Waals surface area contributed by atoms with Crippen LogP contribution in [-0.2, 0) is 11.3 Å². The number of hydrogen-bond acceptors (Lipinski definition) is 4. The molecule has 4 nitrogen and oxygen atoms in total. The fourth-order valence-corrected chi connectivity index (χ4v) is 3.40. The molecular formula is C14H23N3OS. The first kappa shape index (κ1) is 14.5. The van der Waals surface area contributed by atoms with Crippen LogP contribution in [0.4, 0.5) is 0 Å². The second kappa shape index (κ2) is 6.01. The van der Waals surface area contributed by atoms with E-state index in [0.717, 1.165) is 37.3 Å². The first-order chi connectivity index (χ1) is 9.07. The number of aromatic nitrogens is 1. The molecule has 106 valence electrons. The maximum atomic E-state index is 12.7. The summed E-state index contributed by atoms with van der Waals surface area (Å²) in [7, 11) is 1.86. The third-order valence-electron chi connectivity index (χ3n) is 4.31. The molecule has 1 heterocycles. The van der Waals surface area contributed by atoms with E-state index in [1.165, 1.54) is 0 Å². The average Bonchev–Trinajstić information content (AvgIpc) is 2.92. The normalized spacial score (nSPS) is 27.2. The zero-order chi connectivity index (χ0) is 13.9. The van der Waals surface area contributed by atoms with Gasteiger partial charge in [-0.15, -0.1) is 11.3 Å². The van der Waals surface area contributed by atoms with Gasteiger partial charge in [0, 0.05) is 19.0 Å². The Morgan fingerprint density at radius 3 is 2.79 bits per heavy atom. The fourth-order valence-electron chi connectivity index (χ4n) is 2.86. The highest BCUT2D eigenvalue weighted by Crippen LogP contribution is 2.39. The average molecular weight is 281 g/mol. The van der Waals surface area contributed by atoms with E-state index in [4.69, 9.17) is 5.73 Å². The van der Waals surface area contributed by atoms with Crippen molar-refractivity contribution >= 4 is 17.2 Å². The highest BCUT2D eigenvalue weighted by atomic mass is 32.1. The molecule has 1 aliphatic carbocycles. The number of carbonyl (C=O) groups excluding carboxylic acids is 1. The summed E-state index contributed by atoms with van der Waals surface area (Å²) in [6, 6.07) is 0. The minimum atomic E-state index is -0.336. The molecular weight excluding hydrogens is 258 g/mol. The lowest BCUT2D eigenvalue weighted by Gasteiger charge is -2.39. The van der Waals surface area contributed by atoms with Crippen LogP contribution < -0.4 is 5.73 Å². The van der Waals surface area contributed by atoms with Crippen molar-refractivity contribution in [2.45, 2.75) is 39.2 Å². The maximum Gasteiger partial charge on any atom is 0.230 e. The Balaban J connectivity index is 2.03. The molecule has 2 N–H and O–H groups in total. The number of rotatable bonds is 4. The topological polar surface area (TPSA) is 59.2 Å². The van der Waals surface area contributed by atoms with Gasteiger partial charge in [-0.1, -0.05) is 6.92 Å². The van der Waals surface area contributed by atoms with Crippen molar-refractivity contribution in [3.05, 3.63) is 16.6 Å². The molecule has 0 bridgehead atoms. The second-order valence-corrected chi connectivity index (χ2v) is 6.53. The van der Waals surface area contributed by atoms with Crippen LogP contribution in [-0.4, -0.2) is 29.4 Å². The van der Waals surface area contributed by atoms with Gasteiger partial charge < -0.3 is 10.6 Å². The van der Waals surface area contributed by atoms with Crippen molar-refractivity contribution in [3.8, 4) is 0 Å². The highest BCUT2D eigenvalue weighted by Gasteiger charge is 2.41. The predicted octanol–water partition coefficient (Wildman–Crippen LogP) is 2.26. The molecule has 1 aromatic heterocycles. The van der Waals surface area contributed by atoms with Crippen molar-refractivity contribution in [1.82, 2.24) is 9.88 Å². The summed E-state index contributed by atoms with van der Waals surface area (Å²) in [6.45, 7) is 3.30. The minimum absolute atomic E-state index is 0.190. The van der Waals surface area contributed by atoms with Crippen LogP contribution in [0, 0.1) is 11.3 Å². The Labute approximate surface area is 119 Å². The SMILES string of the molecule is CC1CCC(CN)(C(=O)N(C)Cc2cscn2)CC1. The fraction of sp³-hybridized carbons (Fsp3) is 0.714. The summed E-state index contributed by atoms with van der Waals surface area (Å²) in [5.74, 6) is 0.909. The Morgan fingerprint density at radius 1 is 1.58 bits per heavy atom. The number of hydrogen-bond donors (Lipinski definition) is 1. The summed E-state index contributed by atoms with van der Waals surface area (Å²) >= 11 is 1.56. The molecule has 1 saturated carbocycles. The Hall–Kier alpha value is -0.940. The van der Waals surface area contributed by atoms with Gasteiger partial charge >= 0.3 is 0 Å². The summed E-state index contributed by atoms with van der Waals surface area (Å²) in [4.78, 5) is 18.7. The number of amides is 1. The van der Waals surface area contributed by atoms with Gasteiger partial charge in [0.15, 0.2) is 0 Å². The van der Waals surface area contributed by atoms with E-state index < -0.39 is 0 Å². The van der Waals surface area contributed by atoms with E-state index in [0.29, 0.717) is 13.1 Å². The van der Waals surface area contributed by atoms with Crippen LogP contribution in [0.5, 0.6) is 0 Å². The summed E-state index contributed by atoms with van der Waals surface area (Å²) < 4.78 is 0. The molecule has 0 aliphatic heterocycles. The van der Waals surface area contributed by atoms with Crippen LogP contribution in [0.1, 0.15) is 38.3 Å². The lowest BCUT2D eigenvalue weighted by molar-refractivity contribution is -0.143. The van der Waals surface area contributed by atoms with Gasteiger partial charge in [-0.25, -0.2) is 4.98 Å². The van der Waals surface area contributed by atoms with Gasteiger partial charge in [0.05, 0.1) is 23.2 Å². The van der Waals surface area contributed by atoms with Gasteiger partial charge in [-0.2, -0.15) is 0 Å². The zero-order valence-electron chi connectivity index (χ0n) is 11.8. The molecule has 5 heteroatoms. The molecule has 0 atom stereocenters. The second-order valence-electron chi connectivity index (χ2n) is 5.81. The lowest BCUT2D eigenvalue weighted by atomic mass is 9.70. The van der Waals surface area contributed by atoms with Crippen molar-refractivity contribution in [1.29, 1.82) is 0 Å². The van der Waals surface area contributed by atoms with E-state index in [2.05, 4.69) is 11.9 Å². The number of nitrogens with zero attached hydrogens (tertiary/aromatic N) is 2. The third kappa shape index (κ3) is 3.15. The van der Waals surface area contributed by atoms with Crippen molar-refractivity contribution in [2.75, 3.05) is 13.6 Å². The standard InChI is InChI=1S/C14H23N3OS/c1-11-3-5-14(9-15,6-4-11)13(18)17(2)7-12-8-19-10-16-12/h8,10-11H,3-7,9,15H2,1-2H3. The van der Waals surface area contributed by atoms with Gasteiger partial charge in [0.25, 0.3) is 0 Å². The van der Waals surface area contributed by atoms with E-state index in [9.17, 15) is 4.79 Å². The molecule has 19 heavy (non-hydrogen) atoms. The largest absolute Gasteiger partial charge is 0.339 e. The maximum absolute atomic E-state index is 12.7. The third-order valence-corrected chi connectivity index (χ3v) is 4.94. The molecule has 1 aliphatic rings. The van der Waals surface area contributed by atoms with E-state index in [1.807, 2.05) is 12.4 Å². The van der Waals surface area contributed by atoms with E-state index in [1.54, 1.807) is 21.7 Å². The predicted molar refractivity (Wildman–Crippen MR) is 77.7 cm³/mol. The van der Waals surface area contributed by atoms with Crippen LogP contribution in [0.15, 0.2) is 10.9 Å². The quantitative estimate of drug-likeness (QED) is 0.921. The first-order valence-electron chi connectivity index (χ1n) is 6.90. The van der Waals surface area contributed by atoms with Crippen LogP contribution in [0.2, 0.25) is 0 Å². The molecule has 0 spiro atoms. The lowest BCUT2D eigenvalue weighted by Crippen LogP contribution is -2.48. The van der Waals surface area contributed by atoms with Crippen LogP contribution >= 0.6 is 11.3 Å². The Kier molecular flexibility index (Phi) is 4.58. The van der Waals surface area contributed by atoms with E-state index in [-0.39, 0.29) is 11.3 Å². The molecule has 0 aromatic carbocycles. The van der Waals surface area contributed by atoms with Crippen LogP contribution in [0.3, 0.4) is 0 Å². The van der Waals surface area contributed by atoms with Crippen molar-refractivity contribution < 1.29 is 4.79 Å². The van der Waals surface area contributed by atoms with E-state index >= 15 is 0 Å². The van der Waals surface area contributed by atoms with Crippen LogP contribution in [0.25, 0.3) is 0 Å². The summed E-state index contributed by atoms with van der Waals surface area (Å²) in [6.07, 6.45) is 4.05. The molecule has 0 saturated heterocycles. The van der Waals surface area contributed by atoms with Gasteiger partial charge in [-0.05, 0) is 31.6 Å². The smallest absolute Gasteiger partial charge is 0.230 e. The Bertz CT molecular complexity index is 410. The molecule has 0 unspecified atom stereocenters. The minimum Gasteiger partial charge on any atom is -0.339 e. The molecule has 0 radical (unpaired) electrons. The van der Waals surface area contributed by atoms with Gasteiger partial charge in [0.1, 0.15) is 0 Å². The summed E-state index contributed by atoms with van der Waals surface area (Å²) in [5, 5.41) is 1.99. The first-order valence-corrected chi connectivity index (χ1v) is 7.84. The van der Waals surface area contributed by atoms with Crippen molar-refractivity contribution in [3.63, 3.8) is 0 Å². The molecule has 1 amide bonds. The molecule has 1 fully saturated rings. The number of nitrogens with two attached hydrogens (primary N) is 1. The van der Waals surface area contributed by atoms with Gasteiger partial charge in [0.2, 0.25) is 5.91 Å². The van der Waals surface area contributed by atoms with Gasteiger partial charge in [-0.3, -0.25) is 4.79 Å². The van der Waals surface area contributed by atoms with Crippen molar-refractivity contribution in [2.24, 2.45) is 17.1 Å². The number of carbonyl (C=O) groups is 1. The zero-order valence-corrected chi connectivity index (χ0v) is 12.6. The number of thiazole rings is 1. The molecule has 1 aromatic rings. The Morgan fingerprint density at radius 2 is 2.26 bits per heavy atom. The molecule has 2 rings (SSSR count).